The summed E-state index contributed by atoms with van der Waals surface area (Å²) in [6.07, 6.45) is -3.33. The molecule has 7 rings (SSSR count). The molecule has 0 unspecified atom stereocenters. The number of ether oxygens (including phenoxy) is 4. The van der Waals surface area contributed by atoms with Crippen LogP contribution in [-0.4, -0.2) is 108 Å². The van der Waals surface area contributed by atoms with Crippen LogP contribution >= 0.6 is 0 Å². The summed E-state index contributed by atoms with van der Waals surface area (Å²) in [6.45, 7) is -2.44. The lowest BCUT2D eigenvalue weighted by Gasteiger charge is -2.34. The highest BCUT2D eigenvalue weighted by Gasteiger charge is 2.62. The lowest BCUT2D eigenvalue weighted by atomic mass is 9.88. The van der Waals surface area contributed by atoms with E-state index in [1.165, 1.54) is 14.0 Å². The third-order valence-corrected chi connectivity index (χ3v) is 14.0. The largest absolute Gasteiger partial charge is 0.497 e. The highest BCUT2D eigenvalue weighted by molar-refractivity contribution is 7.91. The molecule has 66 heavy (non-hydrogen) atoms. The lowest BCUT2D eigenvalue weighted by molar-refractivity contribution is -0.244. The van der Waals surface area contributed by atoms with E-state index in [0.717, 1.165) is 4.90 Å². The Morgan fingerprint density at radius 1 is 1.06 bits per heavy atom. The van der Waals surface area contributed by atoms with Crippen LogP contribution in [0.3, 0.4) is 0 Å². The number of alkyl carbamates (subject to hydrolysis) is 1. The molecule has 3 N–H and O–H groups in total. The van der Waals surface area contributed by atoms with Gasteiger partial charge in [-0.1, -0.05) is 26.0 Å². The fourth-order valence-electron chi connectivity index (χ4n) is 8.42. The molecule has 2 saturated carbocycles. The monoisotopic (exact) mass is 948 g/mol. The van der Waals surface area contributed by atoms with E-state index in [9.17, 15) is 36.0 Å². The van der Waals surface area contributed by atoms with E-state index in [4.69, 9.17) is 27.4 Å². The predicted octanol–water partition coefficient (Wildman–Crippen LogP) is 6.37. The van der Waals surface area contributed by atoms with Gasteiger partial charge in [-0.2, -0.15) is 13.2 Å². The second kappa shape index (κ2) is 18.6. The standard InChI is InChI=1S/C46H57F3N6O10S/c1-25(2)63-37-17-12-28(23-50-37)35-20-29-19-31(62-7)13-16-34(29)40(51-35)64-32-21-36-39(56)53-45(42(58)54-66(60,61)33-14-15-33)22-30(45)11-9-8-10-26(3)18-27(4)38(41(57)55(36)24-32)52-43(59)65-44(5,6)46(47,48)49/h9,11-13,16-17,19-20,23,25-27,30,32-33,36,38H,8,10,14-15,18,21-22,24H2,1-7H3,(H,52,59)(H,53,56)(H,54,58)/b11-9-/t26-,27+,30+,32+,36-,38-,45+/m0/s1/i5D3,6D3. The summed E-state index contributed by atoms with van der Waals surface area (Å²) in [6, 6.07) is 6.76. The van der Waals surface area contributed by atoms with E-state index in [-0.39, 0.29) is 37.2 Å². The second-order valence-electron chi connectivity index (χ2n) is 17.9. The van der Waals surface area contributed by atoms with Crippen LogP contribution in [-0.2, 0) is 29.1 Å². The molecular formula is C46H57F3N6O10S. The number of benzene rings is 1. The van der Waals surface area contributed by atoms with Gasteiger partial charge in [0.1, 0.15) is 29.5 Å². The zero-order valence-electron chi connectivity index (χ0n) is 42.9. The number of methoxy groups -OCH3 is 1. The number of carbonyl (C=O) groups excluding carboxylic acids is 4. The molecule has 4 amide bonds. The van der Waals surface area contributed by atoms with Crippen molar-refractivity contribution in [2.75, 3.05) is 13.7 Å². The molecule has 2 aliphatic heterocycles. The highest BCUT2D eigenvalue weighted by Crippen LogP contribution is 2.46. The van der Waals surface area contributed by atoms with Crippen molar-refractivity contribution >= 4 is 44.6 Å². The van der Waals surface area contributed by atoms with Gasteiger partial charge in [-0.25, -0.2) is 23.2 Å². The molecule has 16 nitrogen and oxygen atoms in total. The summed E-state index contributed by atoms with van der Waals surface area (Å²) in [5, 5.41) is 5.03. The van der Waals surface area contributed by atoms with Crippen LogP contribution in [0.15, 0.2) is 54.7 Å². The molecule has 2 aliphatic carbocycles. The minimum absolute atomic E-state index is 0.00992. The van der Waals surface area contributed by atoms with E-state index in [2.05, 4.69) is 19.8 Å². The second-order valence-corrected chi connectivity index (χ2v) is 19.9. The normalized spacial score (nSPS) is 28.5. The number of hydrogen-bond acceptors (Lipinski definition) is 12. The average Bonchev–Trinajstić information content (AvgIpc) is 4.21. The first-order chi connectivity index (χ1) is 33.5. The Hall–Kier alpha value is -5.66. The molecule has 1 aromatic carbocycles. The van der Waals surface area contributed by atoms with Crippen LogP contribution < -0.4 is 29.6 Å². The molecule has 358 valence electrons. The summed E-state index contributed by atoms with van der Waals surface area (Å²) in [5.41, 5.74) is -5.89. The van der Waals surface area contributed by atoms with Gasteiger partial charge in [-0.3, -0.25) is 19.1 Å². The quantitative estimate of drug-likeness (QED) is 0.180. The summed E-state index contributed by atoms with van der Waals surface area (Å²) in [5.74, 6) is -4.07. The molecule has 0 spiro atoms. The van der Waals surface area contributed by atoms with Gasteiger partial charge in [0.25, 0.3) is 5.91 Å². The van der Waals surface area contributed by atoms with Crippen LogP contribution in [0.25, 0.3) is 22.0 Å². The molecule has 20 heteroatoms. The molecule has 4 aliphatic rings. The van der Waals surface area contributed by atoms with Gasteiger partial charge < -0.3 is 34.5 Å². The maximum Gasteiger partial charge on any atom is 0.427 e. The molecule has 0 radical (unpaired) electrons. The fourth-order valence-corrected chi connectivity index (χ4v) is 9.78. The van der Waals surface area contributed by atoms with Gasteiger partial charge in [0.15, 0.2) is 0 Å². The number of allylic oxidation sites excluding steroid dienone is 1. The van der Waals surface area contributed by atoms with Crippen molar-refractivity contribution in [2.45, 2.75) is 133 Å². The maximum atomic E-state index is 15.2. The predicted molar refractivity (Wildman–Crippen MR) is 236 cm³/mol. The molecule has 1 saturated heterocycles. The van der Waals surface area contributed by atoms with Gasteiger partial charge in [0.05, 0.1) is 30.7 Å². The number of nitrogens with one attached hydrogen (secondary N) is 3. The topological polar surface area (TPSA) is 204 Å². The number of amides is 4. The van der Waals surface area contributed by atoms with Crippen LogP contribution in [0.1, 0.15) is 94.6 Å². The smallest absolute Gasteiger partial charge is 0.427 e. The van der Waals surface area contributed by atoms with Crippen molar-refractivity contribution in [1.82, 2.24) is 30.2 Å². The van der Waals surface area contributed by atoms with Crippen molar-refractivity contribution in [3.63, 3.8) is 0 Å². The van der Waals surface area contributed by atoms with E-state index in [0.29, 0.717) is 59.3 Å². The SMILES string of the molecule is [2H]C([2H])([2H])C(OC(=O)N[C@@H]1C(=O)N2C[C@H](Oc3nc(-c4ccc(OC(C)C)nc4)cc4cc(OC)ccc34)C[C@H]2C(=O)N[C@]2(C(=O)NS(=O)(=O)C3CC3)C[C@H]2/C=C\CC[C@H](C)C[C@H]1C)(C([2H])([2H])[2H])C(F)(F)F. The Labute approximate surface area is 390 Å². The van der Waals surface area contributed by atoms with Crippen LogP contribution in [0, 0.1) is 17.8 Å². The van der Waals surface area contributed by atoms with E-state index >= 15 is 4.79 Å². The number of fused-ring (bicyclic) bond motifs is 3. The number of alkyl halides is 3. The molecule has 7 atom stereocenters. The van der Waals surface area contributed by atoms with Crippen molar-refractivity contribution in [3.8, 4) is 28.8 Å². The highest BCUT2D eigenvalue weighted by atomic mass is 32.2. The number of sulfonamides is 1. The maximum absolute atomic E-state index is 15.2. The number of nitrogens with zero attached hydrogens (tertiary/aromatic N) is 3. The molecule has 4 heterocycles. The minimum Gasteiger partial charge on any atom is -0.497 e. The summed E-state index contributed by atoms with van der Waals surface area (Å²) in [7, 11) is -2.62. The first-order valence-electron chi connectivity index (χ1n) is 24.7. The Morgan fingerprint density at radius 3 is 2.47 bits per heavy atom. The van der Waals surface area contributed by atoms with Gasteiger partial charge in [0, 0.05) is 43.8 Å². The van der Waals surface area contributed by atoms with Crippen LogP contribution in [0.2, 0.25) is 0 Å². The molecule has 3 fully saturated rings. The molecule has 3 aromatic rings. The van der Waals surface area contributed by atoms with Crippen LogP contribution in [0.4, 0.5) is 18.0 Å². The Balaban J connectivity index is 1.29. The fraction of sp³-hybridized carbons (Fsp3) is 0.565. The number of pyridine rings is 2. The van der Waals surface area contributed by atoms with Gasteiger partial charge >= 0.3 is 12.3 Å². The lowest BCUT2D eigenvalue weighted by Crippen LogP contribution is -2.59. The number of hydrogen-bond donors (Lipinski definition) is 3. The molecule has 0 bridgehead atoms. The van der Waals surface area contributed by atoms with Gasteiger partial charge in [-0.05, 0) is 114 Å². The molecule has 2 aromatic heterocycles. The van der Waals surface area contributed by atoms with E-state index in [1.54, 1.807) is 61.7 Å². The number of aromatic nitrogens is 2. The Morgan fingerprint density at radius 2 is 1.82 bits per heavy atom. The number of halogens is 3. The summed E-state index contributed by atoms with van der Waals surface area (Å²) >= 11 is 0. The number of rotatable bonds is 11. The molecular weight excluding hydrogens is 886 g/mol. The van der Waals surface area contributed by atoms with Crippen molar-refractivity contribution in [2.24, 2.45) is 17.8 Å². The third-order valence-electron chi connectivity index (χ3n) is 12.2. The van der Waals surface area contributed by atoms with Crippen molar-refractivity contribution < 1.29 is 67.9 Å². The zero-order chi connectivity index (χ0) is 52.9. The van der Waals surface area contributed by atoms with Crippen molar-refractivity contribution in [3.05, 3.63) is 54.7 Å². The summed E-state index contributed by atoms with van der Waals surface area (Å²) in [4.78, 5) is 67.9. The average molecular weight is 949 g/mol. The van der Waals surface area contributed by atoms with Crippen LogP contribution in [0.5, 0.6) is 17.5 Å². The number of carbonyl (C=O) groups is 4. The third kappa shape index (κ3) is 10.6. The Kier molecular flexibility index (Phi) is 11.4. The van der Waals surface area contributed by atoms with Crippen molar-refractivity contribution in [1.29, 1.82) is 0 Å². The van der Waals surface area contributed by atoms with Gasteiger partial charge in [0.2, 0.25) is 39.2 Å². The van der Waals surface area contributed by atoms with Gasteiger partial charge in [-0.15, -0.1) is 0 Å². The first-order valence-corrected chi connectivity index (χ1v) is 23.2. The first kappa shape index (κ1) is 40.6. The minimum atomic E-state index is -6.17. The van der Waals surface area contributed by atoms with E-state index in [1.807, 2.05) is 19.2 Å². The Bertz CT molecular complexity index is 2670. The summed E-state index contributed by atoms with van der Waals surface area (Å²) < 4.78 is 140. The zero-order valence-corrected chi connectivity index (χ0v) is 37.8. The van der Waals surface area contributed by atoms with E-state index < -0.39 is 107 Å².